The van der Waals surface area contributed by atoms with Gasteiger partial charge in [0.25, 0.3) is 0 Å². The first-order chi connectivity index (χ1) is 6.47. The summed E-state index contributed by atoms with van der Waals surface area (Å²) in [7, 11) is 0. The highest BCUT2D eigenvalue weighted by Crippen LogP contribution is 2.40. The summed E-state index contributed by atoms with van der Waals surface area (Å²) >= 11 is 0. The molecular weight excluding hydrogens is 178 g/mol. The van der Waals surface area contributed by atoms with Crippen molar-refractivity contribution < 1.29 is 9.90 Å². The fourth-order valence-electron chi connectivity index (χ4n) is 2.60. The summed E-state index contributed by atoms with van der Waals surface area (Å²) in [6.07, 6.45) is 3.59. The molecule has 0 aliphatic heterocycles. The number of aliphatic carboxylic acids is 1. The summed E-state index contributed by atoms with van der Waals surface area (Å²) in [5.74, 6) is -0.713. The Hall–Kier alpha value is -0.570. The number of carbonyl (C=O) groups is 1. The number of hydrogen-bond donors (Lipinski definition) is 1. The van der Waals surface area contributed by atoms with Crippen LogP contribution in [0.2, 0.25) is 0 Å². The number of hydrogen-bond acceptors (Lipinski definition) is 2. The highest BCUT2D eigenvalue weighted by atomic mass is 16.4. The molecule has 1 aliphatic rings. The Bertz CT molecular complexity index is 213. The van der Waals surface area contributed by atoms with Crippen LogP contribution in [0.5, 0.6) is 0 Å². The Kier molecular flexibility index (Phi) is 3.53. The van der Waals surface area contributed by atoms with E-state index in [2.05, 4.69) is 18.7 Å². The van der Waals surface area contributed by atoms with Crippen LogP contribution in [-0.4, -0.2) is 35.1 Å². The van der Waals surface area contributed by atoms with E-state index in [0.29, 0.717) is 6.04 Å². The van der Waals surface area contributed by atoms with E-state index in [1.165, 1.54) is 12.8 Å². The molecule has 82 valence electrons. The van der Waals surface area contributed by atoms with Gasteiger partial charge in [-0.3, -0.25) is 9.69 Å². The smallest absolute Gasteiger partial charge is 0.317 e. The maximum atomic E-state index is 10.7. The van der Waals surface area contributed by atoms with Gasteiger partial charge < -0.3 is 5.11 Å². The quantitative estimate of drug-likeness (QED) is 0.752. The maximum absolute atomic E-state index is 10.7. The van der Waals surface area contributed by atoms with Crippen molar-refractivity contribution in [2.45, 2.75) is 46.1 Å². The molecule has 0 saturated heterocycles. The monoisotopic (exact) mass is 199 g/mol. The first-order valence-electron chi connectivity index (χ1n) is 5.43. The van der Waals surface area contributed by atoms with E-state index in [9.17, 15) is 4.79 Å². The lowest BCUT2D eigenvalue weighted by atomic mass is 9.86. The van der Waals surface area contributed by atoms with E-state index in [1.807, 2.05) is 6.92 Å². The van der Waals surface area contributed by atoms with Crippen LogP contribution in [-0.2, 0) is 4.79 Å². The molecule has 0 aromatic rings. The van der Waals surface area contributed by atoms with Crippen molar-refractivity contribution in [3.8, 4) is 0 Å². The Morgan fingerprint density at radius 2 is 2.21 bits per heavy atom. The zero-order valence-corrected chi connectivity index (χ0v) is 9.42. The van der Waals surface area contributed by atoms with Gasteiger partial charge in [0.1, 0.15) is 0 Å². The lowest BCUT2D eigenvalue weighted by molar-refractivity contribution is -0.139. The van der Waals surface area contributed by atoms with E-state index in [4.69, 9.17) is 5.11 Å². The molecule has 0 heterocycles. The van der Waals surface area contributed by atoms with Gasteiger partial charge in [-0.2, -0.15) is 0 Å². The van der Waals surface area contributed by atoms with Crippen molar-refractivity contribution in [2.24, 2.45) is 5.41 Å². The largest absolute Gasteiger partial charge is 0.480 e. The Morgan fingerprint density at radius 3 is 2.57 bits per heavy atom. The third-order valence-corrected chi connectivity index (χ3v) is 3.39. The van der Waals surface area contributed by atoms with E-state index in [1.54, 1.807) is 0 Å². The molecule has 3 nitrogen and oxygen atoms in total. The fraction of sp³-hybridized carbons (Fsp3) is 0.909. The minimum Gasteiger partial charge on any atom is -0.480 e. The fourth-order valence-corrected chi connectivity index (χ4v) is 2.60. The molecule has 1 aliphatic carbocycles. The summed E-state index contributed by atoms with van der Waals surface area (Å²) in [4.78, 5) is 12.8. The van der Waals surface area contributed by atoms with Gasteiger partial charge in [0.05, 0.1) is 6.54 Å². The zero-order valence-electron chi connectivity index (χ0n) is 9.42. The lowest BCUT2D eigenvalue weighted by Gasteiger charge is -2.36. The van der Waals surface area contributed by atoms with Crippen LogP contribution < -0.4 is 0 Å². The molecule has 0 aromatic heterocycles. The van der Waals surface area contributed by atoms with Crippen LogP contribution >= 0.6 is 0 Å². The second kappa shape index (κ2) is 4.30. The molecule has 14 heavy (non-hydrogen) atoms. The number of carboxylic acid groups (broad SMARTS) is 1. The SMILES string of the molecule is CCN(CC(=O)O)C1CCCC1(C)C. The van der Waals surface area contributed by atoms with Crippen molar-refractivity contribution in [3.05, 3.63) is 0 Å². The number of likely N-dealkylation sites (N-methyl/N-ethyl adjacent to an activating group) is 1. The summed E-state index contributed by atoms with van der Waals surface area (Å²) in [5, 5.41) is 8.80. The molecule has 1 atom stereocenters. The van der Waals surface area contributed by atoms with Crippen molar-refractivity contribution in [1.29, 1.82) is 0 Å². The van der Waals surface area contributed by atoms with Crippen molar-refractivity contribution in [3.63, 3.8) is 0 Å². The second-order valence-electron chi connectivity index (χ2n) is 4.85. The summed E-state index contributed by atoms with van der Waals surface area (Å²) in [6, 6.07) is 0.448. The summed E-state index contributed by atoms with van der Waals surface area (Å²) < 4.78 is 0. The van der Waals surface area contributed by atoms with Crippen LogP contribution in [0.3, 0.4) is 0 Å². The van der Waals surface area contributed by atoms with E-state index >= 15 is 0 Å². The molecule has 1 rings (SSSR count). The van der Waals surface area contributed by atoms with Gasteiger partial charge in [-0.05, 0) is 24.8 Å². The summed E-state index contributed by atoms with van der Waals surface area (Å²) in [5.41, 5.74) is 0.283. The molecule has 1 fully saturated rings. The number of carboxylic acids is 1. The van der Waals surface area contributed by atoms with Crippen LogP contribution in [0.15, 0.2) is 0 Å². The Labute approximate surface area is 86.1 Å². The predicted molar refractivity (Wildman–Crippen MR) is 56.3 cm³/mol. The van der Waals surface area contributed by atoms with Crippen molar-refractivity contribution >= 4 is 5.97 Å². The van der Waals surface area contributed by atoms with Crippen molar-refractivity contribution in [2.75, 3.05) is 13.1 Å². The topological polar surface area (TPSA) is 40.5 Å². The molecule has 0 bridgehead atoms. The van der Waals surface area contributed by atoms with Crippen LogP contribution in [0.1, 0.15) is 40.0 Å². The Morgan fingerprint density at radius 1 is 1.57 bits per heavy atom. The molecule has 1 N–H and O–H groups in total. The molecule has 3 heteroatoms. The second-order valence-corrected chi connectivity index (χ2v) is 4.85. The van der Waals surface area contributed by atoms with E-state index in [-0.39, 0.29) is 12.0 Å². The molecule has 0 radical (unpaired) electrons. The number of nitrogens with zero attached hydrogens (tertiary/aromatic N) is 1. The first kappa shape index (κ1) is 11.5. The van der Waals surface area contributed by atoms with Crippen LogP contribution in [0, 0.1) is 5.41 Å². The van der Waals surface area contributed by atoms with Gasteiger partial charge in [-0.25, -0.2) is 0 Å². The maximum Gasteiger partial charge on any atom is 0.317 e. The minimum absolute atomic E-state index is 0.185. The number of rotatable bonds is 4. The molecule has 1 unspecified atom stereocenters. The standard InChI is InChI=1S/C11H21NO2/c1-4-12(8-10(13)14)9-6-5-7-11(9,2)3/h9H,4-8H2,1-3H3,(H,13,14). The lowest BCUT2D eigenvalue weighted by Crippen LogP contribution is -2.44. The molecule has 0 amide bonds. The Balaban J connectivity index is 2.64. The van der Waals surface area contributed by atoms with Gasteiger partial charge in [0.2, 0.25) is 0 Å². The molecule has 0 spiro atoms. The van der Waals surface area contributed by atoms with E-state index < -0.39 is 5.97 Å². The first-order valence-corrected chi connectivity index (χ1v) is 5.43. The van der Waals surface area contributed by atoms with Crippen LogP contribution in [0.25, 0.3) is 0 Å². The third-order valence-electron chi connectivity index (χ3n) is 3.39. The molecular formula is C11H21NO2. The van der Waals surface area contributed by atoms with Gasteiger partial charge in [0.15, 0.2) is 0 Å². The molecule has 1 saturated carbocycles. The van der Waals surface area contributed by atoms with Gasteiger partial charge >= 0.3 is 5.97 Å². The van der Waals surface area contributed by atoms with Gasteiger partial charge in [-0.1, -0.05) is 27.2 Å². The van der Waals surface area contributed by atoms with E-state index in [0.717, 1.165) is 13.0 Å². The zero-order chi connectivity index (χ0) is 10.8. The molecule has 0 aromatic carbocycles. The average molecular weight is 199 g/mol. The normalized spacial score (nSPS) is 25.6. The van der Waals surface area contributed by atoms with Crippen molar-refractivity contribution in [1.82, 2.24) is 4.90 Å². The van der Waals surface area contributed by atoms with Gasteiger partial charge in [-0.15, -0.1) is 0 Å². The average Bonchev–Trinajstić information content (AvgIpc) is 2.41. The minimum atomic E-state index is -0.713. The summed E-state index contributed by atoms with van der Waals surface area (Å²) in [6.45, 7) is 7.55. The predicted octanol–water partition coefficient (Wildman–Crippen LogP) is 1.97. The highest BCUT2D eigenvalue weighted by molar-refractivity contribution is 5.69. The highest BCUT2D eigenvalue weighted by Gasteiger charge is 2.38. The van der Waals surface area contributed by atoms with Crippen LogP contribution in [0.4, 0.5) is 0 Å². The van der Waals surface area contributed by atoms with Gasteiger partial charge in [0, 0.05) is 6.04 Å². The third kappa shape index (κ3) is 2.47.